The highest BCUT2D eigenvalue weighted by Crippen LogP contribution is 2.12. The van der Waals surface area contributed by atoms with Crippen LogP contribution in [0, 0.1) is 5.92 Å². The monoisotopic (exact) mass is 131 g/mol. The molecule has 0 aliphatic carbocycles. The van der Waals surface area contributed by atoms with Crippen LogP contribution in [0.25, 0.3) is 0 Å². The van der Waals surface area contributed by atoms with E-state index in [-0.39, 0.29) is 12.0 Å². The van der Waals surface area contributed by atoms with Crippen molar-refractivity contribution in [2.24, 2.45) is 11.7 Å². The molecule has 0 aromatic heterocycles. The summed E-state index contributed by atoms with van der Waals surface area (Å²) in [6.45, 7) is 1.83. The molecule has 2 atom stereocenters. The fourth-order valence-electron chi connectivity index (χ4n) is 1.01. The third-order valence-electron chi connectivity index (χ3n) is 1.74. The van der Waals surface area contributed by atoms with Crippen molar-refractivity contribution in [2.75, 3.05) is 19.8 Å². The number of nitrogens with two attached hydrogens (primary N) is 1. The molecule has 1 aliphatic rings. The molecule has 54 valence electrons. The van der Waals surface area contributed by atoms with Gasteiger partial charge in [0, 0.05) is 12.5 Å². The molecule has 1 rings (SSSR count). The summed E-state index contributed by atoms with van der Waals surface area (Å²) in [5.74, 6) is 0.166. The van der Waals surface area contributed by atoms with Crippen LogP contribution in [0.3, 0.4) is 0 Å². The lowest BCUT2D eigenvalue weighted by molar-refractivity contribution is -0.0317. The first-order chi connectivity index (χ1) is 4.34. The molecule has 0 spiro atoms. The van der Waals surface area contributed by atoms with Gasteiger partial charge in [-0.2, -0.15) is 0 Å². The normalized spacial score (nSPS) is 36.7. The van der Waals surface area contributed by atoms with Gasteiger partial charge in [-0.25, -0.2) is 0 Å². The highest BCUT2D eigenvalue weighted by atomic mass is 16.5. The first-order valence-electron chi connectivity index (χ1n) is 3.30. The zero-order chi connectivity index (χ0) is 6.69. The predicted octanol–water partition coefficient (Wildman–Crippen LogP) is -0.658. The van der Waals surface area contributed by atoms with Crippen LogP contribution in [0.4, 0.5) is 0 Å². The van der Waals surface area contributed by atoms with E-state index in [4.69, 9.17) is 10.5 Å². The fourth-order valence-corrected chi connectivity index (χ4v) is 1.01. The van der Waals surface area contributed by atoms with E-state index in [0.717, 1.165) is 6.42 Å². The summed E-state index contributed by atoms with van der Waals surface area (Å²) < 4.78 is 5.10. The number of rotatable bonds is 1. The van der Waals surface area contributed by atoms with Crippen LogP contribution >= 0.6 is 0 Å². The minimum absolute atomic E-state index is 0.166. The van der Waals surface area contributed by atoms with Crippen molar-refractivity contribution in [2.45, 2.75) is 12.5 Å². The molecule has 0 unspecified atom stereocenters. The average Bonchev–Trinajstić information content (AvgIpc) is 1.89. The number of hydrogen-bond donors (Lipinski definition) is 2. The lowest BCUT2D eigenvalue weighted by Crippen LogP contribution is -2.36. The molecule has 0 aromatic rings. The van der Waals surface area contributed by atoms with Crippen molar-refractivity contribution < 1.29 is 9.84 Å². The fraction of sp³-hybridized carbons (Fsp3) is 1.00. The maximum atomic E-state index is 9.21. The van der Waals surface area contributed by atoms with Gasteiger partial charge in [0.2, 0.25) is 0 Å². The zero-order valence-electron chi connectivity index (χ0n) is 5.42. The molecule has 0 radical (unpaired) electrons. The zero-order valence-corrected chi connectivity index (χ0v) is 5.42. The Kier molecular flexibility index (Phi) is 2.45. The maximum absolute atomic E-state index is 9.21. The Morgan fingerprint density at radius 1 is 1.67 bits per heavy atom. The molecule has 1 aliphatic heterocycles. The van der Waals surface area contributed by atoms with Gasteiger partial charge in [-0.3, -0.25) is 0 Å². The molecule has 1 saturated heterocycles. The number of hydrogen-bond acceptors (Lipinski definition) is 3. The van der Waals surface area contributed by atoms with Crippen molar-refractivity contribution in [1.29, 1.82) is 0 Å². The van der Waals surface area contributed by atoms with Crippen LogP contribution in [0.2, 0.25) is 0 Å². The number of aliphatic hydroxyl groups excluding tert-OH is 1. The lowest BCUT2D eigenvalue weighted by Gasteiger charge is -2.26. The summed E-state index contributed by atoms with van der Waals surface area (Å²) in [5, 5.41) is 9.21. The summed E-state index contributed by atoms with van der Waals surface area (Å²) in [4.78, 5) is 0. The Balaban J connectivity index is 2.30. The molecule has 1 heterocycles. The predicted molar refractivity (Wildman–Crippen MR) is 34.0 cm³/mol. The molecular weight excluding hydrogens is 118 g/mol. The standard InChI is InChI=1S/C6H13NO2/c7-3-5-4-9-2-1-6(5)8/h5-6,8H,1-4,7H2/t5-,6+/m0/s1. The molecule has 1 fully saturated rings. The van der Waals surface area contributed by atoms with Crippen LogP contribution < -0.4 is 5.73 Å². The molecule has 3 nitrogen and oxygen atoms in total. The second kappa shape index (κ2) is 3.15. The minimum atomic E-state index is -0.233. The highest BCUT2D eigenvalue weighted by Gasteiger charge is 2.21. The summed E-state index contributed by atoms with van der Waals surface area (Å²) in [7, 11) is 0. The van der Waals surface area contributed by atoms with E-state index >= 15 is 0 Å². The molecule has 3 N–H and O–H groups in total. The average molecular weight is 131 g/mol. The van der Waals surface area contributed by atoms with Gasteiger partial charge in [0.25, 0.3) is 0 Å². The molecule has 0 bridgehead atoms. The molecule has 0 saturated carbocycles. The van der Waals surface area contributed by atoms with Crippen LogP contribution in [0.1, 0.15) is 6.42 Å². The second-order valence-electron chi connectivity index (χ2n) is 2.43. The second-order valence-corrected chi connectivity index (χ2v) is 2.43. The van der Waals surface area contributed by atoms with E-state index in [1.54, 1.807) is 0 Å². The van der Waals surface area contributed by atoms with Gasteiger partial charge in [-0.1, -0.05) is 0 Å². The third-order valence-corrected chi connectivity index (χ3v) is 1.74. The molecular formula is C6H13NO2. The van der Waals surface area contributed by atoms with Crippen molar-refractivity contribution in [1.82, 2.24) is 0 Å². The van der Waals surface area contributed by atoms with Crippen LogP contribution in [-0.4, -0.2) is 31.0 Å². The van der Waals surface area contributed by atoms with E-state index in [2.05, 4.69) is 0 Å². The topological polar surface area (TPSA) is 55.5 Å². The Bertz CT molecular complexity index is 87.1. The van der Waals surface area contributed by atoms with Crippen molar-refractivity contribution >= 4 is 0 Å². The maximum Gasteiger partial charge on any atom is 0.0624 e. The smallest absolute Gasteiger partial charge is 0.0624 e. The molecule has 3 heteroatoms. The summed E-state index contributed by atoms with van der Waals surface area (Å²) in [6.07, 6.45) is 0.505. The number of aliphatic hydroxyl groups is 1. The van der Waals surface area contributed by atoms with E-state index in [1.165, 1.54) is 0 Å². The van der Waals surface area contributed by atoms with E-state index in [9.17, 15) is 5.11 Å². The van der Waals surface area contributed by atoms with Gasteiger partial charge < -0.3 is 15.6 Å². The van der Waals surface area contributed by atoms with Crippen LogP contribution in [-0.2, 0) is 4.74 Å². The first-order valence-corrected chi connectivity index (χ1v) is 3.30. The molecule has 0 aromatic carbocycles. The summed E-state index contributed by atoms with van der Waals surface area (Å²) in [5.41, 5.74) is 5.35. The summed E-state index contributed by atoms with van der Waals surface area (Å²) in [6, 6.07) is 0. The van der Waals surface area contributed by atoms with Crippen molar-refractivity contribution in [3.05, 3.63) is 0 Å². The minimum Gasteiger partial charge on any atom is -0.393 e. The van der Waals surface area contributed by atoms with Gasteiger partial charge in [0.1, 0.15) is 0 Å². The SMILES string of the molecule is NC[C@H]1COCC[C@H]1O. The van der Waals surface area contributed by atoms with Crippen molar-refractivity contribution in [3.63, 3.8) is 0 Å². The van der Waals surface area contributed by atoms with E-state index in [1.807, 2.05) is 0 Å². The Morgan fingerprint density at radius 2 is 2.44 bits per heavy atom. The van der Waals surface area contributed by atoms with E-state index in [0.29, 0.717) is 19.8 Å². The quantitative estimate of drug-likeness (QED) is 0.497. The largest absolute Gasteiger partial charge is 0.393 e. The summed E-state index contributed by atoms with van der Waals surface area (Å²) >= 11 is 0. The lowest BCUT2D eigenvalue weighted by atomic mass is 9.99. The highest BCUT2D eigenvalue weighted by molar-refractivity contribution is 4.72. The van der Waals surface area contributed by atoms with Crippen LogP contribution in [0.15, 0.2) is 0 Å². The first kappa shape index (κ1) is 6.99. The molecule has 9 heavy (non-hydrogen) atoms. The van der Waals surface area contributed by atoms with E-state index < -0.39 is 0 Å². The van der Waals surface area contributed by atoms with Gasteiger partial charge in [-0.15, -0.1) is 0 Å². The van der Waals surface area contributed by atoms with Gasteiger partial charge in [0.05, 0.1) is 12.7 Å². The third kappa shape index (κ3) is 1.64. The van der Waals surface area contributed by atoms with Gasteiger partial charge in [0.15, 0.2) is 0 Å². The van der Waals surface area contributed by atoms with Crippen molar-refractivity contribution in [3.8, 4) is 0 Å². The number of ether oxygens (including phenoxy) is 1. The van der Waals surface area contributed by atoms with Gasteiger partial charge in [-0.05, 0) is 13.0 Å². The van der Waals surface area contributed by atoms with Crippen LogP contribution in [0.5, 0.6) is 0 Å². The Hall–Kier alpha value is -0.120. The molecule has 0 amide bonds. The van der Waals surface area contributed by atoms with Gasteiger partial charge >= 0.3 is 0 Å². The Morgan fingerprint density at radius 3 is 2.89 bits per heavy atom. The Labute approximate surface area is 54.8 Å².